The van der Waals surface area contributed by atoms with E-state index in [0.717, 1.165) is 0 Å². The first-order valence-corrected chi connectivity index (χ1v) is 2.00. The van der Waals surface area contributed by atoms with Gasteiger partial charge in [-0.2, -0.15) is 0 Å². The molecule has 0 aliphatic carbocycles. The Hall–Kier alpha value is 0.589. The third kappa shape index (κ3) is 594. The van der Waals surface area contributed by atoms with Gasteiger partial charge in [-0.25, -0.2) is 0 Å². The molecule has 0 unspecified atom stereocenters. The summed E-state index contributed by atoms with van der Waals surface area (Å²) >= 11 is 0. The molecular weight excluding hydrogens is 247 g/mol. The Kier molecular flexibility index (Phi) is 22.3. The monoisotopic (exact) mass is 252 g/mol. The second kappa shape index (κ2) is 7.59. The predicted octanol–water partition coefficient (Wildman–Crippen LogP) is -3.37. The van der Waals surface area contributed by atoms with E-state index < -0.39 is 10.4 Å². The van der Waals surface area contributed by atoms with Crippen LogP contribution in [0.15, 0.2) is 0 Å². The van der Waals surface area contributed by atoms with Gasteiger partial charge in [-0.1, -0.05) is 0 Å². The van der Waals surface area contributed by atoms with Gasteiger partial charge in [-0.05, 0) is 0 Å². The van der Waals surface area contributed by atoms with Gasteiger partial charge in [0.2, 0.25) is 0 Å². The van der Waals surface area contributed by atoms with Crippen LogP contribution in [0.3, 0.4) is 0 Å². The van der Waals surface area contributed by atoms with Gasteiger partial charge in [0.15, 0.2) is 0 Å². The van der Waals surface area contributed by atoms with E-state index in [4.69, 9.17) is 17.5 Å². The molecule has 0 saturated carbocycles. The molecule has 8 heteroatoms. The van der Waals surface area contributed by atoms with Crippen molar-refractivity contribution in [3.8, 4) is 0 Å². The molecule has 0 aliphatic rings. The minimum Gasteiger partial charge on any atom is -0.759 e. The van der Waals surface area contributed by atoms with Crippen LogP contribution in [0.5, 0.6) is 0 Å². The molecule has 0 aliphatic heterocycles. The molecule has 0 atom stereocenters. The molecule has 8 heavy (non-hydrogen) atoms. The Bertz CT molecular complexity index is 91.7. The van der Waals surface area contributed by atoms with E-state index in [1.165, 1.54) is 0 Å². The van der Waals surface area contributed by atoms with Gasteiger partial charge < -0.3 is 20.1 Å². The van der Waals surface area contributed by atoms with Crippen molar-refractivity contribution < 1.29 is 28.5 Å². The molecule has 0 heterocycles. The zero-order chi connectivity index (χ0) is 4.50. The molecule has 0 radical (unpaired) electrons. The normalized spacial score (nSPS) is 7.25. The molecule has 0 aromatic rings. The van der Waals surface area contributed by atoms with Crippen LogP contribution < -0.4 is 0 Å². The molecule has 0 rings (SSSR count). The predicted molar refractivity (Wildman–Crippen MR) is 23.5 cm³/mol. The fourth-order valence-electron chi connectivity index (χ4n) is 0. The van der Waals surface area contributed by atoms with Gasteiger partial charge >= 0.3 is 23.9 Å². The van der Waals surface area contributed by atoms with Crippen LogP contribution in [0.4, 0.5) is 0 Å². The van der Waals surface area contributed by atoms with Crippen LogP contribution in [-0.2, 0) is 10.4 Å². The summed E-state index contributed by atoms with van der Waals surface area (Å²) < 4.78 is 34.1. The van der Waals surface area contributed by atoms with Crippen molar-refractivity contribution in [1.82, 2.24) is 0 Å². The smallest absolute Gasteiger partial charge is 0.759 e. The van der Waals surface area contributed by atoms with Crippen molar-refractivity contribution >= 4 is 34.3 Å². The molecule has 0 aromatic heterocycles. The van der Waals surface area contributed by atoms with Crippen LogP contribution in [0.25, 0.3) is 0 Å². The molecule has 0 bridgehead atoms. The van der Waals surface area contributed by atoms with Crippen molar-refractivity contribution in [2.75, 3.05) is 0 Å². The summed E-state index contributed by atoms with van der Waals surface area (Å²) in [4.78, 5) is 0. The summed E-state index contributed by atoms with van der Waals surface area (Å²) in [5.41, 5.74) is 0. The minimum atomic E-state index is -5.17. The van der Waals surface area contributed by atoms with Gasteiger partial charge in [0.25, 0.3) is 0 Å². The molecular formula is H4O6SSn+2. The Morgan fingerprint density at radius 3 is 1.00 bits per heavy atom. The number of hydrogen-bond acceptors (Lipinski definition) is 4. The van der Waals surface area contributed by atoms with Gasteiger partial charge in [0.05, 0.1) is 0 Å². The van der Waals surface area contributed by atoms with Crippen LogP contribution >= 0.6 is 0 Å². The molecule has 48 valence electrons. The zero-order valence-corrected chi connectivity index (χ0v) is 7.21. The Balaban J connectivity index is -0.0000000267. The van der Waals surface area contributed by atoms with E-state index in [0.29, 0.717) is 0 Å². The maximum atomic E-state index is 8.52. The van der Waals surface area contributed by atoms with Crippen LogP contribution in [0.2, 0.25) is 0 Å². The average molecular weight is 251 g/mol. The number of rotatable bonds is 0. The van der Waals surface area contributed by atoms with E-state index in [-0.39, 0.29) is 34.9 Å². The molecule has 6 nitrogen and oxygen atoms in total. The van der Waals surface area contributed by atoms with E-state index in [2.05, 4.69) is 0 Å². The first kappa shape index (κ1) is 23.5. The zero-order valence-electron chi connectivity index (χ0n) is 3.54. The van der Waals surface area contributed by atoms with E-state index in [1.54, 1.807) is 0 Å². The van der Waals surface area contributed by atoms with Crippen molar-refractivity contribution in [2.45, 2.75) is 0 Å². The third-order valence-electron chi connectivity index (χ3n) is 0. The van der Waals surface area contributed by atoms with Gasteiger partial charge in [-0.15, -0.1) is 0 Å². The topological polar surface area (TPSA) is 143 Å². The van der Waals surface area contributed by atoms with Crippen LogP contribution in [0.1, 0.15) is 0 Å². The molecule has 0 aromatic carbocycles. The molecule has 0 amide bonds. The minimum absolute atomic E-state index is 0. The first-order chi connectivity index (χ1) is 2.00. The Morgan fingerprint density at radius 1 is 1.00 bits per heavy atom. The third-order valence-corrected chi connectivity index (χ3v) is 0. The van der Waals surface area contributed by atoms with Gasteiger partial charge in [0.1, 0.15) is 0 Å². The van der Waals surface area contributed by atoms with Crippen LogP contribution in [0, 0.1) is 0 Å². The summed E-state index contributed by atoms with van der Waals surface area (Å²) in [5.74, 6) is 0. The van der Waals surface area contributed by atoms with Gasteiger partial charge in [-0.3, -0.25) is 8.42 Å². The van der Waals surface area contributed by atoms with Crippen molar-refractivity contribution in [3.63, 3.8) is 0 Å². The summed E-state index contributed by atoms with van der Waals surface area (Å²) in [6.07, 6.45) is 0. The maximum absolute atomic E-state index is 8.52. The fraction of sp³-hybridized carbons (Fsp3) is 0. The van der Waals surface area contributed by atoms with Gasteiger partial charge in [0, 0.05) is 10.4 Å². The Morgan fingerprint density at radius 2 is 1.00 bits per heavy atom. The summed E-state index contributed by atoms with van der Waals surface area (Å²) in [5, 5.41) is 0. The molecule has 0 fully saturated rings. The van der Waals surface area contributed by atoms with E-state index >= 15 is 0 Å². The maximum Gasteiger partial charge on any atom is 4.00 e. The number of hydrogen-bond donors (Lipinski definition) is 0. The SMILES string of the molecule is O.O.O=S(=O)([O-])[O-].[Sn+4]. The Labute approximate surface area is 63.0 Å². The largest absolute Gasteiger partial charge is 4.00 e. The van der Waals surface area contributed by atoms with E-state index in [9.17, 15) is 0 Å². The van der Waals surface area contributed by atoms with E-state index in [1.807, 2.05) is 0 Å². The fourth-order valence-corrected chi connectivity index (χ4v) is 0. The second-order valence-electron chi connectivity index (χ2n) is 0.408. The standard InChI is InChI=1S/H2O4S.2H2O.Sn/c1-5(2,3)4;;;/h(H2,1,2,3,4);2*1H2;/q;;;+4/p-2. The van der Waals surface area contributed by atoms with Crippen LogP contribution in [-0.4, -0.2) is 52.4 Å². The summed E-state index contributed by atoms with van der Waals surface area (Å²) in [6, 6.07) is 0. The van der Waals surface area contributed by atoms with Crippen molar-refractivity contribution in [1.29, 1.82) is 0 Å². The summed E-state index contributed by atoms with van der Waals surface area (Å²) in [6.45, 7) is 0. The summed E-state index contributed by atoms with van der Waals surface area (Å²) in [7, 11) is -5.17. The van der Waals surface area contributed by atoms with Crippen molar-refractivity contribution in [3.05, 3.63) is 0 Å². The average Bonchev–Trinajstić information content (AvgIpc) is 0.722. The first-order valence-electron chi connectivity index (χ1n) is 0.667. The molecule has 0 spiro atoms. The molecule has 4 N–H and O–H groups in total. The second-order valence-corrected chi connectivity index (χ2v) is 1.22. The molecule has 0 saturated heterocycles. The quantitative estimate of drug-likeness (QED) is 0.251. The van der Waals surface area contributed by atoms with Crippen molar-refractivity contribution in [2.24, 2.45) is 0 Å².